The maximum atomic E-state index is 14.9. The molecule has 3 aliphatic carbocycles. The van der Waals surface area contributed by atoms with Crippen LogP contribution in [0, 0.1) is 5.92 Å². The summed E-state index contributed by atoms with van der Waals surface area (Å²) in [5, 5.41) is 6.40. The number of amides is 4. The summed E-state index contributed by atoms with van der Waals surface area (Å²) in [6.45, 7) is 13.0. The van der Waals surface area contributed by atoms with E-state index in [1.807, 2.05) is 68.5 Å². The lowest BCUT2D eigenvalue weighted by molar-refractivity contribution is -0.141. The third kappa shape index (κ3) is 9.91. The average molecular weight is 925 g/mol. The number of nitrogens with one attached hydrogen (secondary N) is 3. The van der Waals surface area contributed by atoms with Gasteiger partial charge in [0.25, 0.3) is 11.8 Å². The molecule has 66 heavy (non-hydrogen) atoms. The second-order valence-corrected chi connectivity index (χ2v) is 20.8. The third-order valence-electron chi connectivity index (χ3n) is 13.2. The summed E-state index contributed by atoms with van der Waals surface area (Å²) in [5.74, 6) is -1.54. The number of nitrogens with zero attached hydrogens (tertiary/aromatic N) is 3. The normalized spacial score (nSPS) is 22.7. The number of likely N-dealkylation sites (tertiary alicyclic amines) is 1. The zero-order valence-electron chi connectivity index (χ0n) is 37.9. The number of hydrogen-bond acceptors (Lipinski definition) is 12. The number of rotatable bonds is 20. The molecule has 0 spiro atoms. The number of carbonyl (C=O) groups excluding carboxylic acids is 4. The average Bonchev–Trinajstić information content (AvgIpc) is 3.97. The lowest BCUT2D eigenvalue weighted by Crippen LogP contribution is -2.58. The Balaban J connectivity index is 1.12. The number of ether oxygens (including phenoxy) is 3. The maximum absolute atomic E-state index is 14.9. The summed E-state index contributed by atoms with van der Waals surface area (Å²) < 4.78 is 52.2. The standard InChI is InChI=1S/C49H60N6O10S/c1-6-8-9-10-11-19-37(50-47(59)64-33-16-12-13-17-33)45(57)55-29-35(27-38(55)43(56)53-49(28-32(49)7-2)46(58)54-66(60,61)48(5)25-26-48)63-44-41-40(36-18-14-15-20-39(36)65-41)51-42(52-44)31-21-23-34(24-22-31)62-30(3)4/h6-7,14-15,18,20-24,30,32-33,35,37-38H,1-2,8-13,16-17,19,25-29H2,3-5H3,(H,50,59)(H,53,56)(H,54,58)/t32?,35-,37+,38+,49-/m1/s1. The Labute approximate surface area is 385 Å². The van der Waals surface area contributed by atoms with Crippen LogP contribution < -0.4 is 24.8 Å². The Kier molecular flexibility index (Phi) is 13.5. The van der Waals surface area contributed by atoms with Gasteiger partial charge in [-0.25, -0.2) is 18.2 Å². The van der Waals surface area contributed by atoms with Gasteiger partial charge < -0.3 is 34.2 Å². The van der Waals surface area contributed by atoms with Crippen molar-refractivity contribution in [1.82, 2.24) is 30.2 Å². The van der Waals surface area contributed by atoms with Crippen LogP contribution in [0.5, 0.6) is 11.6 Å². The molecule has 4 aliphatic rings. The molecule has 5 atom stereocenters. The fourth-order valence-corrected chi connectivity index (χ4v) is 10.3. The molecular formula is C49H60N6O10S. The van der Waals surface area contributed by atoms with Crippen molar-refractivity contribution in [3.8, 4) is 23.0 Å². The summed E-state index contributed by atoms with van der Waals surface area (Å²) in [6, 6.07) is 12.5. The lowest BCUT2D eigenvalue weighted by atomic mass is 10.0. The fraction of sp³-hybridized carbons (Fsp3) is 0.510. The van der Waals surface area contributed by atoms with Crippen molar-refractivity contribution in [3.05, 3.63) is 73.8 Å². The van der Waals surface area contributed by atoms with Gasteiger partial charge in [0.1, 0.15) is 46.7 Å². The first-order chi connectivity index (χ1) is 31.6. The molecule has 4 fully saturated rings. The summed E-state index contributed by atoms with van der Waals surface area (Å²) in [7, 11) is -4.04. The molecule has 352 valence electrons. The van der Waals surface area contributed by atoms with Crippen molar-refractivity contribution in [2.45, 2.75) is 145 Å². The van der Waals surface area contributed by atoms with E-state index in [0.29, 0.717) is 47.5 Å². The van der Waals surface area contributed by atoms with E-state index in [2.05, 4.69) is 28.5 Å². The van der Waals surface area contributed by atoms with Gasteiger partial charge in [0, 0.05) is 23.3 Å². The molecule has 17 heteroatoms. The Morgan fingerprint density at radius 1 is 0.985 bits per heavy atom. The van der Waals surface area contributed by atoms with Crippen molar-refractivity contribution >= 4 is 55.9 Å². The van der Waals surface area contributed by atoms with Crippen molar-refractivity contribution < 1.29 is 46.2 Å². The molecule has 1 aliphatic heterocycles. The van der Waals surface area contributed by atoms with E-state index in [1.54, 1.807) is 6.92 Å². The van der Waals surface area contributed by atoms with Crippen LogP contribution in [0.1, 0.15) is 104 Å². The highest BCUT2D eigenvalue weighted by Gasteiger charge is 2.63. The first kappa shape index (κ1) is 46.6. The van der Waals surface area contributed by atoms with E-state index >= 15 is 0 Å². The Hall–Kier alpha value is -5.97. The van der Waals surface area contributed by atoms with E-state index in [9.17, 15) is 27.6 Å². The topological polar surface area (TPSA) is 208 Å². The zero-order valence-corrected chi connectivity index (χ0v) is 38.7. The van der Waals surface area contributed by atoms with Gasteiger partial charge in [-0.05, 0) is 121 Å². The van der Waals surface area contributed by atoms with Gasteiger partial charge in [0.05, 0.1) is 17.4 Å². The molecule has 0 radical (unpaired) electrons. The number of furan rings is 1. The van der Waals surface area contributed by atoms with E-state index in [-0.39, 0.29) is 49.5 Å². The van der Waals surface area contributed by atoms with Crippen LogP contribution in [0.4, 0.5) is 4.79 Å². The number of allylic oxidation sites excluding steroid dienone is 1. The SMILES string of the molecule is C=CCCCCC[C@H](NC(=O)OC1CCCC1)C(=O)N1C[C@H](Oc2nc(-c3ccc(OC(C)C)cc3)nc3c2oc2ccccc23)C[C@H]1C(=O)N[C@]1(C(=O)NS(=O)(=O)C2(C)CC2)CC1C=C. The minimum absolute atomic E-state index is 0.0221. The van der Waals surface area contributed by atoms with Gasteiger partial charge >= 0.3 is 6.09 Å². The molecule has 4 amide bonds. The number of alkyl carbamates (subject to hydrolysis) is 1. The summed E-state index contributed by atoms with van der Waals surface area (Å²) >= 11 is 0. The van der Waals surface area contributed by atoms with Gasteiger partial charge in [-0.1, -0.05) is 37.1 Å². The van der Waals surface area contributed by atoms with Gasteiger partial charge in [-0.15, -0.1) is 13.2 Å². The predicted molar refractivity (Wildman–Crippen MR) is 248 cm³/mol. The van der Waals surface area contributed by atoms with Crippen LogP contribution in [0.3, 0.4) is 0 Å². The third-order valence-corrected chi connectivity index (χ3v) is 15.4. The second kappa shape index (κ2) is 19.1. The second-order valence-electron chi connectivity index (χ2n) is 18.6. The molecule has 2 aromatic heterocycles. The van der Waals surface area contributed by atoms with Crippen LogP contribution in [0.2, 0.25) is 0 Å². The number of sulfonamides is 1. The molecule has 1 unspecified atom stereocenters. The fourth-order valence-electron chi connectivity index (χ4n) is 8.99. The number of aromatic nitrogens is 2. The molecule has 3 heterocycles. The van der Waals surface area contributed by atoms with Gasteiger partial charge in [0.15, 0.2) is 5.82 Å². The highest BCUT2D eigenvalue weighted by atomic mass is 32.2. The summed E-state index contributed by atoms with van der Waals surface area (Å²) in [6.07, 6.45) is 9.03. The van der Waals surface area contributed by atoms with Gasteiger partial charge in [-0.2, -0.15) is 4.98 Å². The molecule has 16 nitrogen and oxygen atoms in total. The number of fused-ring (bicyclic) bond motifs is 3. The largest absolute Gasteiger partial charge is 0.491 e. The summed E-state index contributed by atoms with van der Waals surface area (Å²) in [4.78, 5) is 68.0. The van der Waals surface area contributed by atoms with Gasteiger partial charge in [-0.3, -0.25) is 19.1 Å². The predicted octanol–water partition coefficient (Wildman–Crippen LogP) is 7.41. The Bertz CT molecular complexity index is 2600. The molecule has 8 rings (SSSR count). The Morgan fingerprint density at radius 3 is 2.41 bits per heavy atom. The van der Waals surface area contributed by atoms with Crippen LogP contribution in [0.25, 0.3) is 33.5 Å². The van der Waals surface area contributed by atoms with Crippen LogP contribution in [-0.4, -0.2) is 94.3 Å². The summed E-state index contributed by atoms with van der Waals surface area (Å²) in [5.41, 5.74) is 0.391. The number of benzene rings is 2. The van der Waals surface area contributed by atoms with E-state index in [0.717, 1.165) is 50.3 Å². The molecule has 3 saturated carbocycles. The van der Waals surface area contributed by atoms with Crippen molar-refractivity contribution in [3.63, 3.8) is 0 Å². The molecule has 1 saturated heterocycles. The quantitative estimate of drug-likeness (QED) is 0.0585. The minimum atomic E-state index is -4.04. The van der Waals surface area contributed by atoms with Crippen molar-refractivity contribution in [2.24, 2.45) is 5.92 Å². The number of para-hydroxylation sites is 1. The lowest BCUT2D eigenvalue weighted by Gasteiger charge is -2.30. The monoisotopic (exact) mass is 924 g/mol. The molecule has 2 aromatic carbocycles. The van der Waals surface area contributed by atoms with Crippen LogP contribution in [0.15, 0.2) is 78.3 Å². The van der Waals surface area contributed by atoms with Gasteiger partial charge in [0.2, 0.25) is 27.4 Å². The van der Waals surface area contributed by atoms with E-state index in [1.165, 1.54) is 11.0 Å². The van der Waals surface area contributed by atoms with Crippen molar-refractivity contribution in [1.29, 1.82) is 0 Å². The zero-order chi connectivity index (χ0) is 46.8. The maximum Gasteiger partial charge on any atom is 0.408 e. The van der Waals surface area contributed by atoms with E-state index < -0.39 is 68.2 Å². The number of unbranched alkanes of at least 4 members (excludes halogenated alkanes) is 3. The van der Waals surface area contributed by atoms with Crippen LogP contribution in [-0.2, 0) is 29.1 Å². The van der Waals surface area contributed by atoms with Crippen LogP contribution >= 0.6 is 0 Å². The molecule has 0 bridgehead atoms. The smallest absolute Gasteiger partial charge is 0.408 e. The first-order valence-corrected chi connectivity index (χ1v) is 24.6. The molecular weight excluding hydrogens is 865 g/mol. The molecule has 3 N–H and O–H groups in total. The minimum Gasteiger partial charge on any atom is -0.491 e. The molecule has 4 aromatic rings. The number of hydrogen-bond donors (Lipinski definition) is 3. The van der Waals surface area contributed by atoms with Crippen molar-refractivity contribution in [2.75, 3.05) is 6.54 Å². The number of carbonyl (C=O) groups is 4. The highest BCUT2D eigenvalue weighted by Crippen LogP contribution is 2.47. The van der Waals surface area contributed by atoms with E-state index in [4.69, 9.17) is 28.6 Å². The Morgan fingerprint density at radius 2 is 1.73 bits per heavy atom. The highest BCUT2D eigenvalue weighted by molar-refractivity contribution is 7.91. The first-order valence-electron chi connectivity index (χ1n) is 23.2.